The van der Waals surface area contributed by atoms with Gasteiger partial charge in [-0.1, -0.05) is 12.1 Å². The number of hydrogen-bond acceptors (Lipinski definition) is 3. The molecule has 20 heavy (non-hydrogen) atoms. The molecular formula is C16H19N3O. The van der Waals surface area contributed by atoms with E-state index < -0.39 is 0 Å². The Balaban J connectivity index is 2.13. The summed E-state index contributed by atoms with van der Waals surface area (Å²) in [7, 11) is 1.52. The van der Waals surface area contributed by atoms with Gasteiger partial charge in [0, 0.05) is 25.8 Å². The van der Waals surface area contributed by atoms with Gasteiger partial charge >= 0.3 is 0 Å². The quantitative estimate of drug-likeness (QED) is 0.677. The van der Waals surface area contributed by atoms with Crippen LogP contribution in [0, 0.1) is 11.3 Å². The van der Waals surface area contributed by atoms with Crippen LogP contribution >= 0.6 is 0 Å². The summed E-state index contributed by atoms with van der Waals surface area (Å²) >= 11 is 0. The molecule has 2 rings (SSSR count). The topological polar surface area (TPSA) is 56.1 Å². The number of benzene rings is 1. The lowest BCUT2D eigenvalue weighted by Crippen LogP contribution is -2.29. The van der Waals surface area contributed by atoms with Gasteiger partial charge in [0.25, 0.3) is 5.91 Å². The molecule has 1 heterocycles. The number of carbonyl (C=O) groups is 1. The third-order valence-corrected chi connectivity index (χ3v) is 3.52. The van der Waals surface area contributed by atoms with E-state index >= 15 is 0 Å². The standard InChI is InChI=1S/C16H19N3O/c1-18-16(20)14(12-17)11-13-5-7-15(8-6-13)19-9-3-2-4-10-19/h5-8,11H,2-4,9-10H2,1H3,(H,18,20). The number of hydrogen-bond donors (Lipinski definition) is 1. The van der Waals surface area contributed by atoms with Crippen molar-refractivity contribution in [3.8, 4) is 6.07 Å². The van der Waals surface area contributed by atoms with E-state index in [4.69, 9.17) is 5.26 Å². The van der Waals surface area contributed by atoms with Gasteiger partial charge in [-0.2, -0.15) is 5.26 Å². The normalized spacial score (nSPS) is 15.6. The predicted molar refractivity (Wildman–Crippen MR) is 80.2 cm³/mol. The molecule has 0 saturated carbocycles. The summed E-state index contributed by atoms with van der Waals surface area (Å²) < 4.78 is 0. The molecule has 0 spiro atoms. The van der Waals surface area contributed by atoms with Gasteiger partial charge in [-0.05, 0) is 43.0 Å². The molecule has 4 nitrogen and oxygen atoms in total. The van der Waals surface area contributed by atoms with Crippen molar-refractivity contribution in [2.75, 3.05) is 25.0 Å². The highest BCUT2D eigenvalue weighted by Crippen LogP contribution is 2.21. The zero-order valence-electron chi connectivity index (χ0n) is 11.7. The molecule has 1 fully saturated rings. The number of anilines is 1. The summed E-state index contributed by atoms with van der Waals surface area (Å²) in [6.45, 7) is 2.22. The first-order valence-electron chi connectivity index (χ1n) is 6.93. The molecule has 0 radical (unpaired) electrons. The Labute approximate surface area is 119 Å². The summed E-state index contributed by atoms with van der Waals surface area (Å²) in [6.07, 6.45) is 5.42. The molecule has 1 aliphatic heterocycles. The predicted octanol–water partition coefficient (Wildman–Crippen LogP) is 2.33. The van der Waals surface area contributed by atoms with Crippen molar-refractivity contribution >= 4 is 17.7 Å². The summed E-state index contributed by atoms with van der Waals surface area (Å²) in [6, 6.07) is 9.92. The first-order valence-corrected chi connectivity index (χ1v) is 6.93. The van der Waals surface area contributed by atoms with Gasteiger partial charge in [-0.3, -0.25) is 4.79 Å². The first-order chi connectivity index (χ1) is 9.74. The number of carbonyl (C=O) groups excluding carboxylic acids is 1. The van der Waals surface area contributed by atoms with E-state index in [1.807, 2.05) is 18.2 Å². The van der Waals surface area contributed by atoms with Crippen molar-refractivity contribution in [3.05, 3.63) is 35.4 Å². The maximum Gasteiger partial charge on any atom is 0.261 e. The molecular weight excluding hydrogens is 250 g/mol. The fourth-order valence-electron chi connectivity index (χ4n) is 2.38. The number of nitriles is 1. The number of piperidine rings is 1. The van der Waals surface area contributed by atoms with Gasteiger partial charge < -0.3 is 10.2 Å². The Morgan fingerprint density at radius 3 is 2.45 bits per heavy atom. The second kappa shape index (κ2) is 6.76. The molecule has 0 aliphatic carbocycles. The summed E-state index contributed by atoms with van der Waals surface area (Å²) in [5.41, 5.74) is 2.20. The van der Waals surface area contributed by atoms with Crippen molar-refractivity contribution in [2.45, 2.75) is 19.3 Å². The molecule has 1 N–H and O–H groups in total. The van der Waals surface area contributed by atoms with Crippen LogP contribution in [0.15, 0.2) is 29.8 Å². The van der Waals surface area contributed by atoms with Crippen LogP contribution in [0.1, 0.15) is 24.8 Å². The maximum atomic E-state index is 11.5. The molecule has 1 amide bonds. The largest absolute Gasteiger partial charge is 0.372 e. The average Bonchev–Trinajstić information content (AvgIpc) is 2.53. The van der Waals surface area contributed by atoms with Crippen molar-refractivity contribution in [2.24, 2.45) is 0 Å². The second-order valence-corrected chi connectivity index (χ2v) is 4.89. The molecule has 1 aliphatic rings. The van der Waals surface area contributed by atoms with Crippen LogP contribution in [-0.4, -0.2) is 26.0 Å². The van der Waals surface area contributed by atoms with Crippen molar-refractivity contribution < 1.29 is 4.79 Å². The number of likely N-dealkylation sites (N-methyl/N-ethyl adjacent to an activating group) is 1. The van der Waals surface area contributed by atoms with Gasteiger partial charge in [0.2, 0.25) is 0 Å². The van der Waals surface area contributed by atoms with Crippen LogP contribution in [0.5, 0.6) is 0 Å². The molecule has 0 bridgehead atoms. The Morgan fingerprint density at radius 1 is 1.25 bits per heavy atom. The fraction of sp³-hybridized carbons (Fsp3) is 0.375. The first kappa shape index (κ1) is 14.1. The minimum atomic E-state index is -0.354. The highest BCUT2D eigenvalue weighted by Gasteiger charge is 2.10. The Kier molecular flexibility index (Phi) is 4.78. The molecule has 1 aromatic carbocycles. The number of nitrogens with zero attached hydrogens (tertiary/aromatic N) is 2. The average molecular weight is 269 g/mol. The second-order valence-electron chi connectivity index (χ2n) is 4.89. The van der Waals surface area contributed by atoms with Crippen LogP contribution in [-0.2, 0) is 4.79 Å². The van der Waals surface area contributed by atoms with Gasteiger partial charge in [-0.15, -0.1) is 0 Å². The monoisotopic (exact) mass is 269 g/mol. The van der Waals surface area contributed by atoms with E-state index in [0.717, 1.165) is 18.7 Å². The zero-order chi connectivity index (χ0) is 14.4. The van der Waals surface area contributed by atoms with E-state index in [-0.39, 0.29) is 11.5 Å². The Bertz CT molecular complexity index is 534. The third kappa shape index (κ3) is 3.39. The van der Waals surface area contributed by atoms with Crippen LogP contribution in [0.3, 0.4) is 0 Å². The molecule has 0 aromatic heterocycles. The van der Waals surface area contributed by atoms with Crippen LogP contribution in [0.4, 0.5) is 5.69 Å². The van der Waals surface area contributed by atoms with E-state index in [1.165, 1.54) is 32.0 Å². The van der Waals surface area contributed by atoms with E-state index in [1.54, 1.807) is 6.08 Å². The number of amides is 1. The van der Waals surface area contributed by atoms with Crippen molar-refractivity contribution in [3.63, 3.8) is 0 Å². The van der Waals surface area contributed by atoms with Gasteiger partial charge in [0.05, 0.1) is 0 Å². The molecule has 1 saturated heterocycles. The van der Waals surface area contributed by atoms with Gasteiger partial charge in [-0.25, -0.2) is 0 Å². The number of rotatable bonds is 3. The fourth-order valence-corrected chi connectivity index (χ4v) is 2.38. The maximum absolute atomic E-state index is 11.5. The van der Waals surface area contributed by atoms with Crippen molar-refractivity contribution in [1.29, 1.82) is 5.26 Å². The lowest BCUT2D eigenvalue weighted by atomic mass is 10.1. The molecule has 1 aromatic rings. The third-order valence-electron chi connectivity index (χ3n) is 3.52. The Hall–Kier alpha value is -2.28. The van der Waals surface area contributed by atoms with E-state index in [9.17, 15) is 4.79 Å². The van der Waals surface area contributed by atoms with Crippen LogP contribution in [0.2, 0.25) is 0 Å². The van der Waals surface area contributed by atoms with E-state index in [0.29, 0.717) is 0 Å². The van der Waals surface area contributed by atoms with Crippen molar-refractivity contribution in [1.82, 2.24) is 5.32 Å². The molecule has 4 heteroatoms. The smallest absolute Gasteiger partial charge is 0.261 e. The SMILES string of the molecule is CNC(=O)C(C#N)=Cc1ccc(N2CCCCC2)cc1. The Morgan fingerprint density at radius 2 is 1.90 bits per heavy atom. The van der Waals surface area contributed by atoms with Gasteiger partial charge in [0.15, 0.2) is 0 Å². The lowest BCUT2D eigenvalue weighted by Gasteiger charge is -2.28. The molecule has 0 unspecified atom stereocenters. The molecule has 0 atom stereocenters. The van der Waals surface area contributed by atoms with Gasteiger partial charge in [0.1, 0.15) is 11.6 Å². The molecule has 104 valence electrons. The highest BCUT2D eigenvalue weighted by atomic mass is 16.1. The highest BCUT2D eigenvalue weighted by molar-refractivity contribution is 6.01. The van der Waals surface area contributed by atoms with Crippen LogP contribution in [0.25, 0.3) is 6.08 Å². The summed E-state index contributed by atoms with van der Waals surface area (Å²) in [5.74, 6) is -0.354. The summed E-state index contributed by atoms with van der Waals surface area (Å²) in [5, 5.41) is 11.4. The summed E-state index contributed by atoms with van der Waals surface area (Å²) in [4.78, 5) is 13.8. The van der Waals surface area contributed by atoms with E-state index in [2.05, 4.69) is 22.3 Å². The zero-order valence-corrected chi connectivity index (χ0v) is 11.7. The number of nitrogens with one attached hydrogen (secondary N) is 1. The minimum absolute atomic E-state index is 0.123. The van der Waals surface area contributed by atoms with Crippen LogP contribution < -0.4 is 10.2 Å². The minimum Gasteiger partial charge on any atom is -0.372 e. The lowest BCUT2D eigenvalue weighted by molar-refractivity contribution is -0.116.